The fourth-order valence-corrected chi connectivity index (χ4v) is 3.95. The Labute approximate surface area is 189 Å². The summed E-state index contributed by atoms with van der Waals surface area (Å²) in [6.45, 7) is 3.92. The van der Waals surface area contributed by atoms with E-state index in [0.29, 0.717) is 55.2 Å². The van der Waals surface area contributed by atoms with Crippen LogP contribution in [0.3, 0.4) is 0 Å². The molecule has 0 radical (unpaired) electrons. The number of rotatable bonds is 5. The lowest BCUT2D eigenvalue weighted by Gasteiger charge is -2.36. The maximum Gasteiger partial charge on any atom is 0.269 e. The number of benzene rings is 1. The molecule has 168 valence electrons. The number of pyridine rings is 1. The average molecular weight is 442 g/mol. The van der Waals surface area contributed by atoms with Gasteiger partial charge in [-0.1, -0.05) is 6.07 Å². The van der Waals surface area contributed by atoms with Gasteiger partial charge in [0.25, 0.3) is 11.5 Å². The van der Waals surface area contributed by atoms with Gasteiger partial charge in [-0.15, -0.1) is 0 Å². The van der Waals surface area contributed by atoms with Crippen LogP contribution in [0.1, 0.15) is 38.4 Å². The zero-order valence-electron chi connectivity index (χ0n) is 21.0. The molecule has 0 aliphatic carbocycles. The van der Waals surface area contributed by atoms with Crippen molar-refractivity contribution in [3.63, 3.8) is 0 Å². The van der Waals surface area contributed by atoms with Gasteiger partial charge >= 0.3 is 0 Å². The Morgan fingerprint density at radius 2 is 1.94 bits per heavy atom. The number of carbonyl (C=O) groups excluding carboxylic acids is 1. The number of halogens is 1. The van der Waals surface area contributed by atoms with Crippen molar-refractivity contribution in [2.45, 2.75) is 27.2 Å². The van der Waals surface area contributed by atoms with E-state index in [1.807, 2.05) is 13.0 Å². The van der Waals surface area contributed by atoms with Gasteiger partial charge in [0.2, 0.25) is 0 Å². The molecule has 2 aromatic heterocycles. The summed E-state index contributed by atoms with van der Waals surface area (Å²) in [4.78, 5) is 39.4. The number of nitrogens with one attached hydrogen (secondary N) is 2. The molecule has 0 bridgehead atoms. The van der Waals surface area contributed by atoms with Crippen molar-refractivity contribution < 1.29 is 13.3 Å². The van der Waals surface area contributed by atoms with Crippen molar-refractivity contribution in [2.24, 2.45) is 0 Å². The molecule has 1 aromatic carbocycles. The van der Waals surface area contributed by atoms with Gasteiger partial charge in [0, 0.05) is 48.9 Å². The zero-order valence-corrected chi connectivity index (χ0v) is 18.0. The molecule has 1 aliphatic rings. The van der Waals surface area contributed by atoms with E-state index in [1.165, 1.54) is 0 Å². The summed E-state index contributed by atoms with van der Waals surface area (Å²) in [5.74, 6) is -0.980. The van der Waals surface area contributed by atoms with E-state index < -0.39 is 30.7 Å². The molecule has 0 saturated carbocycles. The average Bonchev–Trinajstić information content (AvgIpc) is 2.81. The summed E-state index contributed by atoms with van der Waals surface area (Å²) in [5, 5.41) is 2.38. The number of carbonyl (C=O) groups is 1. The Balaban J connectivity index is 1.39. The molecule has 0 spiro atoms. The number of aryl methyl sites for hydroxylation is 2. The van der Waals surface area contributed by atoms with E-state index in [4.69, 9.17) is 4.11 Å². The highest BCUT2D eigenvalue weighted by Crippen LogP contribution is 2.23. The van der Waals surface area contributed by atoms with Crippen LogP contribution in [-0.4, -0.2) is 58.5 Å². The molecule has 1 saturated heterocycles. The van der Waals surface area contributed by atoms with Crippen molar-refractivity contribution in [1.29, 1.82) is 0 Å². The minimum atomic E-state index is -2.24. The van der Waals surface area contributed by atoms with Gasteiger partial charge < -0.3 is 15.2 Å². The number of hydrogen-bond acceptors (Lipinski definition) is 6. The van der Waals surface area contributed by atoms with Gasteiger partial charge in [-0.3, -0.25) is 14.5 Å². The topological polar surface area (TPSA) is 94.2 Å². The van der Waals surface area contributed by atoms with Crippen LogP contribution in [0.5, 0.6) is 0 Å². The lowest BCUT2D eigenvalue weighted by atomic mass is 10.1. The van der Waals surface area contributed by atoms with Crippen LogP contribution in [0.25, 0.3) is 11.0 Å². The predicted octanol–water partition coefficient (Wildman–Crippen LogP) is 2.15. The molecule has 9 heteroatoms. The van der Waals surface area contributed by atoms with Crippen LogP contribution >= 0.6 is 0 Å². The summed E-state index contributed by atoms with van der Waals surface area (Å²) in [7, 11) is 0. The van der Waals surface area contributed by atoms with Crippen LogP contribution in [0.2, 0.25) is 0 Å². The fourth-order valence-electron chi connectivity index (χ4n) is 3.95. The fraction of sp³-hybridized carbons (Fsp3) is 0.391. The highest BCUT2D eigenvalue weighted by molar-refractivity contribution is 5.92. The number of H-pyrrole nitrogens is 1. The molecular formula is C23H27FN6O2. The maximum absolute atomic E-state index is 15.0. The molecule has 3 heterocycles. The maximum atomic E-state index is 15.0. The molecule has 32 heavy (non-hydrogen) atoms. The highest BCUT2D eigenvalue weighted by atomic mass is 19.1. The van der Waals surface area contributed by atoms with Crippen LogP contribution in [-0.2, 0) is 6.54 Å². The number of fused-ring (bicyclic) bond motifs is 1. The molecule has 8 nitrogen and oxygen atoms in total. The van der Waals surface area contributed by atoms with E-state index in [2.05, 4.69) is 30.1 Å². The number of piperazine rings is 1. The Bertz CT molecular complexity index is 1320. The van der Waals surface area contributed by atoms with Crippen LogP contribution in [0, 0.1) is 19.7 Å². The molecule has 0 unspecified atom stereocenters. The monoisotopic (exact) mass is 441 g/mol. The first kappa shape index (κ1) is 18.3. The molecular weight excluding hydrogens is 411 g/mol. The van der Waals surface area contributed by atoms with Crippen molar-refractivity contribution in [3.05, 3.63) is 63.1 Å². The van der Waals surface area contributed by atoms with Crippen molar-refractivity contribution in [1.82, 2.24) is 25.2 Å². The summed E-state index contributed by atoms with van der Waals surface area (Å²) in [6.07, 6.45) is 0. The van der Waals surface area contributed by atoms with E-state index in [0.717, 1.165) is 5.69 Å². The smallest absolute Gasteiger partial charge is 0.269 e. The number of amides is 1. The van der Waals surface area contributed by atoms with Gasteiger partial charge in [-0.05, 0) is 38.9 Å². The van der Waals surface area contributed by atoms with Crippen LogP contribution in [0.15, 0.2) is 29.1 Å². The van der Waals surface area contributed by atoms with Gasteiger partial charge in [-0.2, -0.15) is 0 Å². The summed E-state index contributed by atoms with van der Waals surface area (Å²) in [5.41, 5.74) is 2.69. The third-order valence-corrected chi connectivity index (χ3v) is 5.70. The van der Waals surface area contributed by atoms with Crippen LogP contribution < -0.4 is 15.8 Å². The summed E-state index contributed by atoms with van der Waals surface area (Å²) >= 11 is 0. The Morgan fingerprint density at radius 3 is 2.66 bits per heavy atom. The largest absolute Gasteiger partial charge is 0.368 e. The Kier molecular flexibility index (Phi) is 5.16. The Hall–Kier alpha value is -3.33. The second-order valence-corrected chi connectivity index (χ2v) is 7.83. The predicted molar refractivity (Wildman–Crippen MR) is 122 cm³/mol. The normalized spacial score (nSPS) is 16.5. The zero-order chi connectivity index (χ0) is 25.3. The second kappa shape index (κ2) is 9.04. The summed E-state index contributed by atoms with van der Waals surface area (Å²) in [6, 6.07) is 6.83. The molecule has 3 aromatic rings. The van der Waals surface area contributed by atoms with E-state index in [9.17, 15) is 9.59 Å². The molecule has 1 amide bonds. The number of nitrogens with zero attached hydrogens (tertiary/aromatic N) is 4. The first-order chi connectivity index (χ1) is 16.5. The molecule has 1 fully saturated rings. The van der Waals surface area contributed by atoms with Gasteiger partial charge in [-0.25, -0.2) is 14.4 Å². The first-order valence-electron chi connectivity index (χ1n) is 11.9. The summed E-state index contributed by atoms with van der Waals surface area (Å²) < 4.78 is 36.6. The third kappa shape index (κ3) is 4.34. The lowest BCUT2D eigenvalue weighted by molar-refractivity contribution is 0.0950. The van der Waals surface area contributed by atoms with Crippen molar-refractivity contribution in [2.75, 3.05) is 37.6 Å². The van der Waals surface area contributed by atoms with Gasteiger partial charge in [0.1, 0.15) is 16.9 Å². The van der Waals surface area contributed by atoms with E-state index in [1.54, 1.807) is 25.1 Å². The van der Waals surface area contributed by atoms with Gasteiger partial charge in [0.15, 0.2) is 5.82 Å². The second-order valence-electron chi connectivity index (χ2n) is 7.83. The quantitative estimate of drug-likeness (QED) is 0.630. The van der Waals surface area contributed by atoms with Crippen molar-refractivity contribution in [3.8, 4) is 0 Å². The van der Waals surface area contributed by atoms with Crippen LogP contribution in [0.4, 0.5) is 10.1 Å². The number of anilines is 1. The third-order valence-electron chi connectivity index (χ3n) is 5.70. The lowest BCUT2D eigenvalue weighted by Crippen LogP contribution is -2.46. The SMILES string of the molecule is [2H]C([2H])([2H])CNC(=O)c1ccc(N2CCN(Cc3ccc4nc(C)c(=O)[nH]c4c3F)CC2)c(C)n1. The molecule has 4 rings (SSSR count). The van der Waals surface area contributed by atoms with E-state index in [-0.39, 0.29) is 11.2 Å². The van der Waals surface area contributed by atoms with Gasteiger partial charge in [0.05, 0.1) is 16.9 Å². The Morgan fingerprint density at radius 1 is 1.16 bits per heavy atom. The highest BCUT2D eigenvalue weighted by Gasteiger charge is 2.21. The number of aromatic amines is 1. The standard InChI is InChI=1S/C23H27FN6O2/c1-4-25-23(32)18-7-8-19(14(2)26-18)30-11-9-29(10-12-30)13-16-5-6-17-21(20(16)24)28-22(31)15(3)27-17/h5-8H,4,9-13H2,1-3H3,(H,25,32)(H,28,31)/i1D3. The first-order valence-corrected chi connectivity index (χ1v) is 10.4. The molecule has 1 aliphatic heterocycles. The number of hydrogen-bond donors (Lipinski definition) is 2. The van der Waals surface area contributed by atoms with Crippen molar-refractivity contribution >= 4 is 22.6 Å². The molecule has 2 N–H and O–H groups in total. The number of aromatic nitrogens is 3. The molecule has 0 atom stereocenters. The minimum absolute atomic E-state index is 0.126. The minimum Gasteiger partial charge on any atom is -0.368 e. The van der Waals surface area contributed by atoms with E-state index >= 15 is 4.39 Å².